The van der Waals surface area contributed by atoms with Crippen LogP contribution in [0.15, 0.2) is 4.47 Å². The Morgan fingerprint density at radius 2 is 2.11 bits per heavy atom. The van der Waals surface area contributed by atoms with Crippen molar-refractivity contribution in [1.29, 1.82) is 0 Å². The number of rotatable bonds is 2. The van der Waals surface area contributed by atoms with Crippen molar-refractivity contribution in [1.82, 2.24) is 9.78 Å². The molecule has 3 rings (SSSR count). The Hall–Kier alpha value is -0.510. The first-order chi connectivity index (χ1) is 8.72. The molecule has 1 aliphatic heterocycles. The molecule has 1 N–H and O–H groups in total. The SMILES string of the molecule is CCC1C(C)CNc2c(Br)c(C3CCCC3)nn21. The van der Waals surface area contributed by atoms with Gasteiger partial charge in [-0.05, 0) is 41.1 Å². The van der Waals surface area contributed by atoms with Crippen LogP contribution in [0.25, 0.3) is 0 Å². The van der Waals surface area contributed by atoms with Crippen LogP contribution < -0.4 is 5.32 Å². The van der Waals surface area contributed by atoms with Crippen LogP contribution in [0.1, 0.15) is 63.6 Å². The third kappa shape index (κ3) is 1.89. The molecule has 0 radical (unpaired) electrons. The lowest BCUT2D eigenvalue weighted by Gasteiger charge is -2.30. The molecule has 0 bridgehead atoms. The lowest BCUT2D eigenvalue weighted by Crippen LogP contribution is -2.31. The fraction of sp³-hybridized carbons (Fsp3) is 0.786. The Kier molecular flexibility index (Phi) is 3.39. The van der Waals surface area contributed by atoms with Crippen LogP contribution in [0, 0.1) is 5.92 Å². The molecule has 0 spiro atoms. The third-order valence-corrected chi connectivity index (χ3v) is 5.38. The lowest BCUT2D eigenvalue weighted by molar-refractivity contribution is 0.311. The van der Waals surface area contributed by atoms with Gasteiger partial charge < -0.3 is 5.32 Å². The van der Waals surface area contributed by atoms with Crippen LogP contribution in [0.2, 0.25) is 0 Å². The van der Waals surface area contributed by atoms with Gasteiger partial charge in [-0.25, -0.2) is 4.68 Å². The van der Waals surface area contributed by atoms with E-state index in [0.29, 0.717) is 17.9 Å². The van der Waals surface area contributed by atoms with Crippen LogP contribution in [0.4, 0.5) is 5.82 Å². The molecule has 0 saturated heterocycles. The maximum atomic E-state index is 4.94. The molecule has 1 aromatic rings. The van der Waals surface area contributed by atoms with Gasteiger partial charge in [0.25, 0.3) is 0 Å². The average Bonchev–Trinajstić information content (AvgIpc) is 2.97. The van der Waals surface area contributed by atoms with Gasteiger partial charge in [-0.3, -0.25) is 0 Å². The predicted octanol–water partition coefficient (Wildman–Crippen LogP) is 4.32. The van der Waals surface area contributed by atoms with Crippen LogP contribution >= 0.6 is 15.9 Å². The molecular formula is C14H22BrN3. The molecule has 100 valence electrons. The summed E-state index contributed by atoms with van der Waals surface area (Å²) < 4.78 is 3.46. The fourth-order valence-electron chi connectivity index (χ4n) is 3.50. The first kappa shape index (κ1) is 12.5. The minimum atomic E-state index is 0.549. The number of nitrogens with one attached hydrogen (secondary N) is 1. The number of hydrogen-bond acceptors (Lipinski definition) is 2. The number of aromatic nitrogens is 2. The summed E-state index contributed by atoms with van der Waals surface area (Å²) in [5, 5.41) is 8.48. The molecule has 0 amide bonds. The summed E-state index contributed by atoms with van der Waals surface area (Å²) in [6.07, 6.45) is 6.50. The summed E-state index contributed by atoms with van der Waals surface area (Å²) in [6, 6.07) is 0.549. The maximum Gasteiger partial charge on any atom is 0.139 e. The minimum Gasteiger partial charge on any atom is -0.369 e. The van der Waals surface area contributed by atoms with E-state index in [9.17, 15) is 0 Å². The fourth-order valence-corrected chi connectivity index (χ4v) is 4.23. The Bertz CT molecular complexity index is 434. The normalized spacial score (nSPS) is 28.2. The van der Waals surface area contributed by atoms with E-state index < -0.39 is 0 Å². The molecule has 1 aromatic heterocycles. The van der Waals surface area contributed by atoms with Gasteiger partial charge in [0.05, 0.1) is 16.2 Å². The highest BCUT2D eigenvalue weighted by Crippen LogP contribution is 2.43. The summed E-state index contributed by atoms with van der Waals surface area (Å²) in [5.74, 6) is 2.54. The number of anilines is 1. The quantitative estimate of drug-likeness (QED) is 0.881. The summed E-state index contributed by atoms with van der Waals surface area (Å²) in [4.78, 5) is 0. The van der Waals surface area contributed by atoms with E-state index in [2.05, 4.69) is 39.8 Å². The van der Waals surface area contributed by atoms with E-state index >= 15 is 0 Å². The maximum absolute atomic E-state index is 4.94. The molecule has 0 aromatic carbocycles. The van der Waals surface area contributed by atoms with Crippen molar-refractivity contribution in [3.63, 3.8) is 0 Å². The van der Waals surface area contributed by atoms with Crippen LogP contribution in [0.5, 0.6) is 0 Å². The van der Waals surface area contributed by atoms with Crippen molar-refractivity contribution in [3.05, 3.63) is 10.2 Å². The van der Waals surface area contributed by atoms with Gasteiger partial charge in [0, 0.05) is 12.5 Å². The highest BCUT2D eigenvalue weighted by molar-refractivity contribution is 9.10. The van der Waals surface area contributed by atoms with Gasteiger partial charge in [-0.2, -0.15) is 5.10 Å². The molecule has 18 heavy (non-hydrogen) atoms. The second-order valence-corrected chi connectivity index (χ2v) is 6.60. The first-order valence-electron chi connectivity index (χ1n) is 7.24. The lowest BCUT2D eigenvalue weighted by atomic mass is 9.98. The predicted molar refractivity (Wildman–Crippen MR) is 78.1 cm³/mol. The van der Waals surface area contributed by atoms with Gasteiger partial charge in [0.2, 0.25) is 0 Å². The van der Waals surface area contributed by atoms with Crippen molar-refractivity contribution in [3.8, 4) is 0 Å². The molecule has 3 nitrogen and oxygen atoms in total. The van der Waals surface area contributed by atoms with Crippen LogP contribution in [0.3, 0.4) is 0 Å². The molecular weight excluding hydrogens is 290 g/mol. The minimum absolute atomic E-state index is 0.549. The average molecular weight is 312 g/mol. The van der Waals surface area contributed by atoms with Gasteiger partial charge in [-0.1, -0.05) is 26.7 Å². The van der Waals surface area contributed by atoms with E-state index in [1.807, 2.05) is 0 Å². The van der Waals surface area contributed by atoms with Crippen LogP contribution in [-0.4, -0.2) is 16.3 Å². The van der Waals surface area contributed by atoms with Gasteiger partial charge in [0.1, 0.15) is 5.82 Å². The smallest absolute Gasteiger partial charge is 0.139 e. The number of hydrogen-bond donors (Lipinski definition) is 1. The van der Waals surface area contributed by atoms with Gasteiger partial charge in [-0.15, -0.1) is 0 Å². The molecule has 1 fully saturated rings. The molecule has 2 aliphatic rings. The van der Waals surface area contributed by atoms with Crippen LogP contribution in [-0.2, 0) is 0 Å². The number of fused-ring (bicyclic) bond motifs is 1. The van der Waals surface area contributed by atoms with Crippen molar-refractivity contribution < 1.29 is 0 Å². The Morgan fingerprint density at radius 3 is 2.78 bits per heavy atom. The zero-order chi connectivity index (χ0) is 12.7. The number of nitrogens with zero attached hydrogens (tertiary/aromatic N) is 2. The molecule has 1 aliphatic carbocycles. The Balaban J connectivity index is 1.99. The van der Waals surface area contributed by atoms with Crippen molar-refractivity contribution in [2.24, 2.45) is 5.92 Å². The summed E-state index contributed by atoms with van der Waals surface area (Å²) >= 11 is 3.78. The zero-order valence-corrected chi connectivity index (χ0v) is 12.8. The standard InChI is InChI=1S/C14H22BrN3/c1-3-11-9(2)8-16-14-12(15)13(17-18(11)14)10-6-4-5-7-10/h9-11,16H,3-8H2,1-2H3. The molecule has 2 atom stereocenters. The highest BCUT2D eigenvalue weighted by Gasteiger charge is 2.32. The van der Waals surface area contributed by atoms with Crippen molar-refractivity contribution in [2.75, 3.05) is 11.9 Å². The van der Waals surface area contributed by atoms with E-state index in [1.165, 1.54) is 41.7 Å². The second-order valence-electron chi connectivity index (χ2n) is 5.81. The highest BCUT2D eigenvalue weighted by atomic mass is 79.9. The van der Waals surface area contributed by atoms with Crippen molar-refractivity contribution >= 4 is 21.7 Å². The van der Waals surface area contributed by atoms with E-state index in [4.69, 9.17) is 5.10 Å². The third-order valence-electron chi connectivity index (χ3n) is 4.60. The largest absolute Gasteiger partial charge is 0.369 e. The summed E-state index contributed by atoms with van der Waals surface area (Å²) in [7, 11) is 0. The first-order valence-corrected chi connectivity index (χ1v) is 8.03. The van der Waals surface area contributed by atoms with E-state index in [0.717, 1.165) is 13.0 Å². The number of halogens is 1. The zero-order valence-electron chi connectivity index (χ0n) is 11.2. The van der Waals surface area contributed by atoms with Gasteiger partial charge in [0.15, 0.2) is 0 Å². The summed E-state index contributed by atoms with van der Waals surface area (Å²) in [6.45, 7) is 5.64. The van der Waals surface area contributed by atoms with E-state index in [-0.39, 0.29) is 0 Å². The molecule has 4 heteroatoms. The Labute approximate surface area is 117 Å². The molecule has 1 saturated carbocycles. The van der Waals surface area contributed by atoms with Crippen molar-refractivity contribution in [2.45, 2.75) is 57.9 Å². The van der Waals surface area contributed by atoms with E-state index in [1.54, 1.807) is 0 Å². The second kappa shape index (κ2) is 4.87. The Morgan fingerprint density at radius 1 is 1.39 bits per heavy atom. The monoisotopic (exact) mass is 311 g/mol. The summed E-state index contributed by atoms with van der Waals surface area (Å²) in [5.41, 5.74) is 1.29. The molecule has 2 heterocycles. The molecule has 2 unspecified atom stereocenters. The van der Waals surface area contributed by atoms with Gasteiger partial charge >= 0.3 is 0 Å². The topological polar surface area (TPSA) is 29.9 Å².